The summed E-state index contributed by atoms with van der Waals surface area (Å²) in [6, 6.07) is -0.320. The van der Waals surface area contributed by atoms with Gasteiger partial charge >= 0.3 is 11.7 Å². The van der Waals surface area contributed by atoms with Crippen molar-refractivity contribution in [2.75, 3.05) is 0 Å². The number of carbonyl (C=O) groups is 1. The Hall–Kier alpha value is -1.67. The van der Waals surface area contributed by atoms with Crippen LogP contribution < -0.4 is 11.2 Å². The Morgan fingerprint density at radius 3 is 2.20 bits per heavy atom. The summed E-state index contributed by atoms with van der Waals surface area (Å²) in [6.07, 6.45) is 1.45. The average Bonchev–Trinajstić information content (AvgIpc) is 2.43. The molecule has 7 nitrogen and oxygen atoms in total. The lowest BCUT2D eigenvalue weighted by Crippen LogP contribution is -2.46. The monoisotopic (exact) mass is 370 g/mol. The third kappa shape index (κ3) is 5.67. The first-order valence-corrected chi connectivity index (χ1v) is 9.68. The van der Waals surface area contributed by atoms with Gasteiger partial charge in [-0.1, -0.05) is 20.8 Å². The molecule has 142 valence electrons. The molecule has 0 N–H and O–H groups in total. The van der Waals surface area contributed by atoms with Crippen molar-refractivity contribution in [1.29, 1.82) is 0 Å². The smallest absolute Gasteiger partial charge is 0.333 e. The van der Waals surface area contributed by atoms with Gasteiger partial charge in [-0.15, -0.1) is 0 Å². The fourth-order valence-electron chi connectivity index (χ4n) is 2.22. The van der Waals surface area contributed by atoms with E-state index in [1.807, 2.05) is 13.8 Å². The number of hydrogen-bond donors (Lipinski definition) is 0. The van der Waals surface area contributed by atoms with Crippen molar-refractivity contribution >= 4 is 15.7 Å². The second-order valence-corrected chi connectivity index (χ2v) is 10.9. The number of nitrogens with zero attached hydrogens (tertiary/aromatic N) is 2. The Kier molecular flexibility index (Phi) is 6.58. The van der Waals surface area contributed by atoms with Crippen LogP contribution in [-0.2, 0) is 26.3 Å². The van der Waals surface area contributed by atoms with E-state index in [4.69, 9.17) is 9.16 Å². The van der Waals surface area contributed by atoms with Gasteiger partial charge in [0.1, 0.15) is 0 Å². The zero-order chi connectivity index (χ0) is 19.6. The van der Waals surface area contributed by atoms with Gasteiger partial charge in [0.25, 0.3) is 5.56 Å². The lowest BCUT2D eigenvalue weighted by molar-refractivity contribution is -0.144. The van der Waals surface area contributed by atoms with Crippen LogP contribution in [0, 0.1) is 0 Å². The van der Waals surface area contributed by atoms with Crippen molar-refractivity contribution in [2.45, 2.75) is 78.8 Å². The molecule has 1 rings (SSSR count). The highest BCUT2D eigenvalue weighted by molar-refractivity contribution is 6.31. The van der Waals surface area contributed by atoms with Gasteiger partial charge in [-0.05, 0) is 32.7 Å². The lowest BCUT2D eigenvalue weighted by Gasteiger charge is -2.30. The maximum atomic E-state index is 12.9. The van der Waals surface area contributed by atoms with Crippen molar-refractivity contribution in [3.63, 3.8) is 0 Å². The molecule has 0 saturated heterocycles. The molecule has 0 fully saturated rings. The second kappa shape index (κ2) is 7.70. The van der Waals surface area contributed by atoms with Crippen LogP contribution in [-0.4, -0.2) is 24.9 Å². The zero-order valence-corrected chi connectivity index (χ0v) is 17.9. The Morgan fingerprint density at radius 2 is 1.76 bits per heavy atom. The van der Waals surface area contributed by atoms with Gasteiger partial charge in [0.15, 0.2) is 16.5 Å². The molecule has 25 heavy (non-hydrogen) atoms. The van der Waals surface area contributed by atoms with E-state index in [0.29, 0.717) is 5.56 Å². The molecule has 0 bridgehead atoms. The normalized spacial score (nSPS) is 13.0. The molecule has 8 heteroatoms. The number of ether oxygens (including phenoxy) is 1. The van der Waals surface area contributed by atoms with Gasteiger partial charge in [0.2, 0.25) is 0 Å². The summed E-state index contributed by atoms with van der Waals surface area (Å²) in [6.45, 7) is 14.5. The number of esters is 1. The van der Waals surface area contributed by atoms with E-state index in [1.165, 1.54) is 22.3 Å². The number of hydrogen-bond acceptors (Lipinski definition) is 5. The van der Waals surface area contributed by atoms with Crippen LogP contribution in [0.25, 0.3) is 0 Å². The van der Waals surface area contributed by atoms with E-state index in [-0.39, 0.29) is 23.4 Å². The van der Waals surface area contributed by atoms with Gasteiger partial charge in [-0.2, -0.15) is 0 Å². The maximum absolute atomic E-state index is 12.9. The Balaban J connectivity index is 3.45. The van der Waals surface area contributed by atoms with Crippen LogP contribution in [0.2, 0.25) is 5.04 Å². The summed E-state index contributed by atoms with van der Waals surface area (Å²) in [5, 5.41) is 0.0700. The van der Waals surface area contributed by atoms with Gasteiger partial charge in [0, 0.05) is 19.2 Å². The fourth-order valence-corrected chi connectivity index (χ4v) is 3.17. The minimum atomic E-state index is -0.913. The van der Waals surface area contributed by atoms with Crippen LogP contribution >= 0.6 is 0 Å². The van der Waals surface area contributed by atoms with Crippen molar-refractivity contribution in [1.82, 2.24) is 9.13 Å². The quantitative estimate of drug-likeness (QED) is 0.562. The van der Waals surface area contributed by atoms with Crippen LogP contribution in [0.1, 0.15) is 67.0 Å². The van der Waals surface area contributed by atoms with E-state index in [9.17, 15) is 14.4 Å². The minimum Gasteiger partial charge on any atom is -0.444 e. The summed E-state index contributed by atoms with van der Waals surface area (Å²) in [4.78, 5) is 36.5. The molecule has 0 saturated carbocycles. The first-order valence-electron chi connectivity index (χ1n) is 8.40. The molecule has 0 unspecified atom stereocenters. The predicted octanol–water partition coefficient (Wildman–Crippen LogP) is 1.67. The number of aromatic nitrogens is 2. The molecule has 1 aromatic heterocycles. The molecule has 0 spiro atoms. The van der Waals surface area contributed by atoms with E-state index >= 15 is 0 Å². The van der Waals surface area contributed by atoms with E-state index in [2.05, 4.69) is 20.8 Å². The van der Waals surface area contributed by atoms with Crippen LogP contribution in [0.3, 0.4) is 0 Å². The van der Waals surface area contributed by atoms with E-state index in [0.717, 1.165) is 0 Å². The molecule has 0 radical (unpaired) electrons. The van der Waals surface area contributed by atoms with E-state index in [1.54, 1.807) is 13.8 Å². The third-order valence-corrected chi connectivity index (χ3v) is 5.36. The largest absolute Gasteiger partial charge is 0.444 e. The minimum absolute atomic E-state index is 0.0700. The van der Waals surface area contributed by atoms with Crippen molar-refractivity contribution in [3.05, 3.63) is 32.6 Å². The highest BCUT2D eigenvalue weighted by Gasteiger charge is 2.30. The van der Waals surface area contributed by atoms with Crippen molar-refractivity contribution in [2.24, 2.45) is 0 Å². The highest BCUT2D eigenvalue weighted by atomic mass is 28.2. The molecular formula is C17H30N2O5Si. The topological polar surface area (TPSA) is 79.5 Å². The molecule has 0 atom stereocenters. The molecule has 1 aromatic rings. The number of carbonyl (C=O) groups excluding carboxylic acids is 1. The fraction of sp³-hybridized carbons (Fsp3) is 0.706. The predicted molar refractivity (Wildman–Crippen MR) is 99.5 cm³/mol. The molecule has 0 amide bonds. The van der Waals surface area contributed by atoms with Gasteiger partial charge in [0.05, 0.1) is 11.2 Å². The summed E-state index contributed by atoms with van der Waals surface area (Å²) >= 11 is 0. The summed E-state index contributed by atoms with van der Waals surface area (Å²) < 4.78 is 13.5. The first kappa shape index (κ1) is 21.4. The Bertz CT molecular complexity index is 741. The van der Waals surface area contributed by atoms with Gasteiger partial charge < -0.3 is 9.16 Å². The van der Waals surface area contributed by atoms with Gasteiger partial charge in [-0.25, -0.2) is 4.79 Å². The van der Waals surface area contributed by atoms with Crippen molar-refractivity contribution in [3.8, 4) is 0 Å². The molecule has 1 heterocycles. The maximum Gasteiger partial charge on any atom is 0.333 e. The Labute approximate surface area is 150 Å². The molecular weight excluding hydrogens is 340 g/mol. The molecule has 0 aromatic carbocycles. The molecule has 0 aliphatic carbocycles. The molecule has 0 aliphatic rings. The lowest BCUT2D eigenvalue weighted by atomic mass is 10.0. The van der Waals surface area contributed by atoms with Gasteiger partial charge in [-0.3, -0.25) is 18.7 Å². The Morgan fingerprint density at radius 1 is 1.20 bits per heavy atom. The standard InChI is InChI=1S/C17H30N2O5Si/c1-11(2)19-14(21)13(17(7,8)24-25-16(4,5)6)9-18(15(19)22)10-23-12(3)20/h9,11H,10,25H2,1-8H3. The SMILES string of the molecule is CC(=O)OCn1cc(C(C)(C)O[SiH2]C(C)(C)C)c(=O)n(C(C)C)c1=O. The van der Waals surface area contributed by atoms with E-state index < -0.39 is 27.0 Å². The first-order chi connectivity index (χ1) is 11.3. The second-order valence-electron chi connectivity index (χ2n) is 8.19. The van der Waals surface area contributed by atoms with Crippen LogP contribution in [0.15, 0.2) is 15.8 Å². The van der Waals surface area contributed by atoms with Crippen LogP contribution in [0.5, 0.6) is 0 Å². The number of rotatable bonds is 6. The average molecular weight is 371 g/mol. The van der Waals surface area contributed by atoms with Crippen molar-refractivity contribution < 1.29 is 14.0 Å². The third-order valence-electron chi connectivity index (χ3n) is 3.62. The summed E-state index contributed by atoms with van der Waals surface area (Å²) in [5.41, 5.74) is -1.33. The summed E-state index contributed by atoms with van der Waals surface area (Å²) in [5.74, 6) is -0.494. The zero-order valence-electron chi connectivity index (χ0n) is 16.5. The highest BCUT2D eigenvalue weighted by Crippen LogP contribution is 2.27. The summed E-state index contributed by atoms with van der Waals surface area (Å²) in [7, 11) is -0.913. The van der Waals surface area contributed by atoms with Crippen LogP contribution in [0.4, 0.5) is 0 Å². The molecule has 0 aliphatic heterocycles.